The number of nitrogens with zero attached hydrogens (tertiary/aromatic N) is 1. The van der Waals surface area contributed by atoms with Crippen molar-refractivity contribution >= 4 is 35.1 Å². The molecule has 0 saturated heterocycles. The summed E-state index contributed by atoms with van der Waals surface area (Å²) in [6.07, 6.45) is 4.58. The van der Waals surface area contributed by atoms with Crippen LogP contribution in [0.5, 0.6) is 0 Å². The van der Waals surface area contributed by atoms with E-state index in [1.807, 2.05) is 0 Å². The van der Waals surface area contributed by atoms with Crippen molar-refractivity contribution in [2.45, 2.75) is 44.8 Å². The van der Waals surface area contributed by atoms with Crippen LogP contribution in [-0.4, -0.2) is 29.0 Å². The zero-order chi connectivity index (χ0) is 15.4. The zero-order valence-corrected chi connectivity index (χ0v) is 13.1. The minimum absolute atomic E-state index is 0.111. The van der Waals surface area contributed by atoms with Crippen molar-refractivity contribution in [3.05, 3.63) is 28.0 Å². The van der Waals surface area contributed by atoms with E-state index >= 15 is 0 Å². The number of rotatable bonds is 4. The molecule has 1 heterocycles. The topological polar surface area (TPSA) is 68.3 Å². The molecule has 0 unspecified atom stereocenters. The molecule has 0 aromatic carbocycles. The summed E-state index contributed by atoms with van der Waals surface area (Å²) in [7, 11) is 0. The fourth-order valence-electron chi connectivity index (χ4n) is 2.20. The molecule has 0 radical (unpaired) electrons. The number of hydrogen-bond acceptors (Lipinski definition) is 4. The van der Waals surface area contributed by atoms with Crippen LogP contribution in [0.1, 0.15) is 43.0 Å². The van der Waals surface area contributed by atoms with E-state index in [9.17, 15) is 9.59 Å². The number of aromatic nitrogens is 1. The van der Waals surface area contributed by atoms with Crippen LogP contribution < -0.4 is 5.32 Å². The lowest BCUT2D eigenvalue weighted by molar-refractivity contribution is -0.129. The molecule has 1 aromatic heterocycles. The second kappa shape index (κ2) is 7.09. The Morgan fingerprint density at radius 3 is 2.67 bits per heavy atom. The second-order valence-electron chi connectivity index (χ2n) is 5.03. The molecule has 0 bridgehead atoms. The van der Waals surface area contributed by atoms with Gasteiger partial charge in [0.05, 0.1) is 10.6 Å². The summed E-state index contributed by atoms with van der Waals surface area (Å²) in [5.74, 6) is -0.946. The number of amides is 1. The highest BCUT2D eigenvalue weighted by atomic mass is 35.5. The number of ether oxygens (including phenoxy) is 1. The predicted molar refractivity (Wildman–Crippen MR) is 79.5 cm³/mol. The van der Waals surface area contributed by atoms with Gasteiger partial charge in [-0.1, -0.05) is 36.0 Å². The first-order chi connectivity index (χ1) is 9.97. The van der Waals surface area contributed by atoms with Crippen molar-refractivity contribution in [3.63, 3.8) is 0 Å². The molecule has 1 atom stereocenters. The van der Waals surface area contributed by atoms with Crippen molar-refractivity contribution in [3.8, 4) is 0 Å². The number of carbonyl (C=O) groups is 2. The van der Waals surface area contributed by atoms with Crippen LogP contribution >= 0.6 is 23.2 Å². The Labute approximate surface area is 133 Å². The number of hydrogen-bond donors (Lipinski definition) is 1. The number of nitrogens with one attached hydrogen (secondary N) is 1. The molecular formula is C14H16Cl2N2O3. The zero-order valence-electron chi connectivity index (χ0n) is 11.6. The lowest BCUT2D eigenvalue weighted by atomic mass is 10.2. The lowest BCUT2D eigenvalue weighted by Crippen LogP contribution is -2.40. The van der Waals surface area contributed by atoms with E-state index in [1.165, 1.54) is 19.2 Å². The van der Waals surface area contributed by atoms with E-state index in [0.29, 0.717) is 0 Å². The molecule has 1 aliphatic rings. The van der Waals surface area contributed by atoms with Gasteiger partial charge in [0.2, 0.25) is 0 Å². The molecule has 21 heavy (non-hydrogen) atoms. The highest BCUT2D eigenvalue weighted by Gasteiger charge is 2.23. The first-order valence-corrected chi connectivity index (χ1v) is 7.55. The van der Waals surface area contributed by atoms with E-state index in [0.717, 1.165) is 25.7 Å². The highest BCUT2D eigenvalue weighted by molar-refractivity contribution is 6.41. The van der Waals surface area contributed by atoms with Gasteiger partial charge in [0.1, 0.15) is 5.15 Å². The molecule has 7 heteroatoms. The minimum atomic E-state index is -0.868. The first-order valence-electron chi connectivity index (χ1n) is 6.80. The maximum atomic E-state index is 11.9. The van der Waals surface area contributed by atoms with Crippen molar-refractivity contribution in [2.75, 3.05) is 0 Å². The Morgan fingerprint density at radius 2 is 2.05 bits per heavy atom. The van der Waals surface area contributed by atoms with E-state index < -0.39 is 12.1 Å². The summed E-state index contributed by atoms with van der Waals surface area (Å²) >= 11 is 11.5. The first kappa shape index (κ1) is 16.0. The molecule has 1 fully saturated rings. The summed E-state index contributed by atoms with van der Waals surface area (Å²) in [5.41, 5.74) is 0.157. The fraction of sp³-hybridized carbons (Fsp3) is 0.500. The molecule has 1 saturated carbocycles. The molecule has 5 nitrogen and oxygen atoms in total. The standard InChI is InChI=1S/C14H16Cl2N2O3/c1-8(13(19)18-10-4-2-3-5-10)21-14(20)9-6-11(15)12(16)17-7-9/h6-8,10H,2-5H2,1H3,(H,18,19)/t8-/m0/s1. The van der Waals surface area contributed by atoms with E-state index in [2.05, 4.69) is 10.3 Å². The third kappa shape index (κ3) is 4.32. The van der Waals surface area contributed by atoms with Crippen molar-refractivity contribution in [1.82, 2.24) is 10.3 Å². The third-order valence-electron chi connectivity index (χ3n) is 3.39. The van der Waals surface area contributed by atoms with Gasteiger partial charge in [0.15, 0.2) is 6.10 Å². The van der Waals surface area contributed by atoms with Gasteiger partial charge in [0.25, 0.3) is 5.91 Å². The van der Waals surface area contributed by atoms with Crippen molar-refractivity contribution in [2.24, 2.45) is 0 Å². The van der Waals surface area contributed by atoms with Gasteiger partial charge in [-0.2, -0.15) is 0 Å². The maximum Gasteiger partial charge on any atom is 0.340 e. The largest absolute Gasteiger partial charge is 0.449 e. The van der Waals surface area contributed by atoms with Gasteiger partial charge in [-0.25, -0.2) is 9.78 Å². The van der Waals surface area contributed by atoms with E-state index in [4.69, 9.17) is 27.9 Å². The molecule has 0 spiro atoms. The second-order valence-corrected chi connectivity index (χ2v) is 5.80. The molecule has 0 aliphatic heterocycles. The van der Waals surface area contributed by atoms with Gasteiger partial charge >= 0.3 is 5.97 Å². The van der Waals surface area contributed by atoms with E-state index in [-0.39, 0.29) is 27.7 Å². The number of pyridine rings is 1. The molecule has 2 rings (SSSR count). The van der Waals surface area contributed by atoms with Gasteiger partial charge in [-0.3, -0.25) is 4.79 Å². The monoisotopic (exact) mass is 330 g/mol. The Bertz CT molecular complexity index is 545. The highest BCUT2D eigenvalue weighted by Crippen LogP contribution is 2.20. The van der Waals surface area contributed by atoms with Crippen LogP contribution in [0.15, 0.2) is 12.3 Å². The third-order valence-corrected chi connectivity index (χ3v) is 4.07. The predicted octanol–water partition coefficient (Wildman–Crippen LogP) is 2.99. The van der Waals surface area contributed by atoms with Crippen LogP contribution in [-0.2, 0) is 9.53 Å². The summed E-state index contributed by atoms with van der Waals surface area (Å²) in [6, 6.07) is 1.55. The van der Waals surface area contributed by atoms with Crippen LogP contribution in [0, 0.1) is 0 Å². The Balaban J connectivity index is 1.91. The van der Waals surface area contributed by atoms with Crippen LogP contribution in [0.2, 0.25) is 10.2 Å². The van der Waals surface area contributed by atoms with Crippen LogP contribution in [0.3, 0.4) is 0 Å². The summed E-state index contributed by atoms with van der Waals surface area (Å²) in [4.78, 5) is 27.6. The van der Waals surface area contributed by atoms with Crippen LogP contribution in [0.4, 0.5) is 0 Å². The van der Waals surface area contributed by atoms with Gasteiger partial charge in [-0.05, 0) is 25.8 Å². The average molecular weight is 331 g/mol. The number of esters is 1. The Morgan fingerprint density at radius 1 is 1.38 bits per heavy atom. The Kier molecular flexibility index (Phi) is 5.42. The van der Waals surface area contributed by atoms with E-state index in [1.54, 1.807) is 0 Å². The average Bonchev–Trinajstić information content (AvgIpc) is 2.94. The smallest absolute Gasteiger partial charge is 0.340 e. The van der Waals surface area contributed by atoms with Gasteiger partial charge < -0.3 is 10.1 Å². The number of halogens is 2. The molecule has 1 aromatic rings. The lowest BCUT2D eigenvalue weighted by Gasteiger charge is -2.17. The van der Waals surface area contributed by atoms with Crippen molar-refractivity contribution in [1.29, 1.82) is 0 Å². The SMILES string of the molecule is C[C@H](OC(=O)c1cnc(Cl)c(Cl)c1)C(=O)NC1CCCC1. The summed E-state index contributed by atoms with van der Waals surface area (Å²) in [6.45, 7) is 1.53. The molecule has 1 N–H and O–H groups in total. The maximum absolute atomic E-state index is 11.9. The summed E-state index contributed by atoms with van der Waals surface area (Å²) in [5, 5.41) is 3.15. The fourth-order valence-corrected chi connectivity index (χ4v) is 2.47. The van der Waals surface area contributed by atoms with Crippen molar-refractivity contribution < 1.29 is 14.3 Å². The van der Waals surface area contributed by atoms with Crippen LogP contribution in [0.25, 0.3) is 0 Å². The summed E-state index contributed by atoms with van der Waals surface area (Å²) < 4.78 is 5.11. The Hall–Kier alpha value is -1.33. The number of carbonyl (C=O) groups excluding carboxylic acids is 2. The molecular weight excluding hydrogens is 315 g/mol. The van der Waals surface area contributed by atoms with Gasteiger partial charge in [0, 0.05) is 12.2 Å². The normalized spacial score (nSPS) is 16.5. The molecule has 1 aliphatic carbocycles. The molecule has 114 valence electrons. The minimum Gasteiger partial charge on any atom is -0.449 e. The van der Waals surface area contributed by atoms with Gasteiger partial charge in [-0.15, -0.1) is 0 Å². The quantitative estimate of drug-likeness (QED) is 0.680. The molecule has 1 amide bonds.